The van der Waals surface area contributed by atoms with Crippen LogP contribution in [0.4, 0.5) is 11.4 Å². The second-order valence-electron chi connectivity index (χ2n) is 13.8. The predicted molar refractivity (Wildman–Crippen MR) is 226 cm³/mol. The van der Waals surface area contributed by atoms with E-state index in [1.807, 2.05) is 36.5 Å². The SMILES string of the molecule is NCc1cc2c3c4c(ccc3n(-c3cc(C5C=CC=CN5)cc(-c5ccccc5)n3)c2cc1Nc1ccccc1)c(-c1ccccc1)cc1ccccc14. The highest BCUT2D eigenvalue weighted by atomic mass is 15.1. The minimum atomic E-state index is 0.00431. The zero-order valence-corrected chi connectivity index (χ0v) is 29.6. The van der Waals surface area contributed by atoms with Crippen LogP contribution in [0.15, 0.2) is 182 Å². The third kappa shape index (κ3) is 5.42. The number of rotatable bonds is 7. The lowest BCUT2D eigenvalue weighted by atomic mass is 9.90. The van der Waals surface area contributed by atoms with Gasteiger partial charge in [-0.15, -0.1) is 0 Å². The molecule has 7 aromatic carbocycles. The lowest BCUT2D eigenvalue weighted by Gasteiger charge is -2.19. The van der Waals surface area contributed by atoms with Crippen molar-refractivity contribution < 1.29 is 0 Å². The molecule has 258 valence electrons. The molecule has 1 atom stereocenters. The second-order valence-corrected chi connectivity index (χ2v) is 13.8. The molecule has 10 rings (SSSR count). The van der Waals surface area contributed by atoms with Crippen LogP contribution in [0.25, 0.3) is 71.6 Å². The Labute approximate surface area is 313 Å². The summed E-state index contributed by atoms with van der Waals surface area (Å²) in [6.45, 7) is 0.387. The number of nitrogens with two attached hydrogens (primary N) is 1. The van der Waals surface area contributed by atoms with Gasteiger partial charge in [0.15, 0.2) is 0 Å². The lowest BCUT2D eigenvalue weighted by molar-refractivity contribution is 0.744. The van der Waals surface area contributed by atoms with E-state index in [9.17, 15) is 0 Å². The van der Waals surface area contributed by atoms with E-state index in [1.165, 1.54) is 38.1 Å². The van der Waals surface area contributed by atoms with Gasteiger partial charge in [-0.1, -0.05) is 121 Å². The van der Waals surface area contributed by atoms with E-state index in [2.05, 4.69) is 161 Å². The molecule has 1 aliphatic heterocycles. The van der Waals surface area contributed by atoms with E-state index in [4.69, 9.17) is 10.7 Å². The Balaban J connectivity index is 1.35. The standard InChI is InChI=1S/C49H37N5/c50-31-36-27-41-46(30-44(36)52-37-19-8-3-9-20-37)54(47-29-35(42-22-12-13-25-51-42)28-43(53-47)33-16-6-2-7-17-33)45-24-23-39-40(32-14-4-1-5-15-32)26-34-18-10-11-21-38(34)48(39)49(41)45/h1-30,42,51-52H,31,50H2. The Morgan fingerprint density at radius 2 is 1.37 bits per heavy atom. The summed E-state index contributed by atoms with van der Waals surface area (Å²) in [5.74, 6) is 0.852. The first kappa shape index (κ1) is 31.8. The molecule has 2 aromatic heterocycles. The van der Waals surface area contributed by atoms with Crippen molar-refractivity contribution in [3.63, 3.8) is 0 Å². The van der Waals surface area contributed by atoms with Gasteiger partial charge in [0, 0.05) is 39.6 Å². The van der Waals surface area contributed by atoms with Gasteiger partial charge in [-0.2, -0.15) is 0 Å². The normalized spacial score (nSPS) is 13.9. The predicted octanol–water partition coefficient (Wildman–Crippen LogP) is 11.7. The van der Waals surface area contributed by atoms with Crippen molar-refractivity contribution >= 4 is 54.7 Å². The fourth-order valence-electron chi connectivity index (χ4n) is 8.09. The van der Waals surface area contributed by atoms with Crippen molar-refractivity contribution in [2.24, 2.45) is 5.73 Å². The number of nitrogens with one attached hydrogen (secondary N) is 2. The van der Waals surface area contributed by atoms with Crippen LogP contribution in [0.1, 0.15) is 17.2 Å². The number of anilines is 2. The van der Waals surface area contributed by atoms with E-state index in [0.29, 0.717) is 6.54 Å². The Morgan fingerprint density at radius 3 is 2.13 bits per heavy atom. The summed E-state index contributed by atoms with van der Waals surface area (Å²) in [5.41, 5.74) is 17.3. The van der Waals surface area contributed by atoms with E-state index >= 15 is 0 Å². The molecule has 54 heavy (non-hydrogen) atoms. The van der Waals surface area contributed by atoms with Gasteiger partial charge < -0.3 is 16.4 Å². The van der Waals surface area contributed by atoms with Crippen molar-refractivity contribution in [1.82, 2.24) is 14.9 Å². The summed E-state index contributed by atoms with van der Waals surface area (Å²) in [6, 6.07) is 56.1. The number of aromatic nitrogens is 2. The molecule has 0 aliphatic carbocycles. The van der Waals surface area contributed by atoms with Crippen molar-refractivity contribution in [3.05, 3.63) is 193 Å². The lowest BCUT2D eigenvalue weighted by Crippen LogP contribution is -2.16. The minimum Gasteiger partial charge on any atom is -0.381 e. The summed E-state index contributed by atoms with van der Waals surface area (Å²) in [5, 5.41) is 14.4. The maximum absolute atomic E-state index is 6.57. The Hall–Kier alpha value is -6.95. The molecule has 0 saturated heterocycles. The van der Waals surface area contributed by atoms with E-state index in [1.54, 1.807) is 0 Å². The fourth-order valence-corrected chi connectivity index (χ4v) is 8.09. The molecule has 4 N–H and O–H groups in total. The smallest absolute Gasteiger partial charge is 0.138 e. The van der Waals surface area contributed by atoms with Crippen molar-refractivity contribution in [2.75, 3.05) is 5.32 Å². The number of hydrogen-bond acceptors (Lipinski definition) is 4. The second kappa shape index (κ2) is 13.2. The Bertz CT molecular complexity index is 2910. The van der Waals surface area contributed by atoms with Crippen LogP contribution >= 0.6 is 0 Å². The Kier molecular flexibility index (Phi) is 7.78. The van der Waals surface area contributed by atoms with Crippen LogP contribution in [0, 0.1) is 0 Å². The van der Waals surface area contributed by atoms with Gasteiger partial charge in [0.25, 0.3) is 0 Å². The first-order valence-electron chi connectivity index (χ1n) is 18.4. The average molecular weight is 696 g/mol. The van der Waals surface area contributed by atoms with E-state index in [-0.39, 0.29) is 6.04 Å². The van der Waals surface area contributed by atoms with Crippen molar-refractivity contribution in [2.45, 2.75) is 12.6 Å². The zero-order chi connectivity index (χ0) is 36.0. The fraction of sp³-hybridized carbons (Fsp3) is 0.0408. The molecule has 5 nitrogen and oxygen atoms in total. The van der Waals surface area contributed by atoms with Gasteiger partial charge in [0.2, 0.25) is 0 Å². The van der Waals surface area contributed by atoms with Gasteiger partial charge in [0.05, 0.1) is 22.8 Å². The van der Waals surface area contributed by atoms with Crippen LogP contribution in [0.5, 0.6) is 0 Å². The van der Waals surface area contributed by atoms with Crippen LogP contribution in [0.3, 0.4) is 0 Å². The summed E-state index contributed by atoms with van der Waals surface area (Å²) in [6.07, 6.45) is 8.32. The molecular formula is C49H37N5. The molecule has 5 heteroatoms. The zero-order valence-electron chi connectivity index (χ0n) is 29.6. The van der Waals surface area contributed by atoms with Gasteiger partial charge in [0.1, 0.15) is 5.82 Å². The number of nitrogens with zero attached hydrogens (tertiary/aromatic N) is 2. The molecule has 1 unspecified atom stereocenters. The molecule has 3 heterocycles. The first-order chi connectivity index (χ1) is 26.7. The van der Waals surface area contributed by atoms with Crippen LogP contribution < -0.4 is 16.4 Å². The minimum absolute atomic E-state index is 0.00431. The van der Waals surface area contributed by atoms with Crippen LogP contribution in [-0.2, 0) is 6.54 Å². The third-order valence-corrected chi connectivity index (χ3v) is 10.6. The summed E-state index contributed by atoms with van der Waals surface area (Å²) in [4.78, 5) is 5.45. The van der Waals surface area contributed by atoms with Crippen LogP contribution in [0.2, 0.25) is 0 Å². The number of fused-ring (bicyclic) bond motifs is 7. The molecule has 0 saturated carbocycles. The number of benzene rings is 7. The molecule has 0 amide bonds. The van der Waals surface area contributed by atoms with E-state index < -0.39 is 0 Å². The number of allylic oxidation sites excluding steroid dienone is 2. The molecular weight excluding hydrogens is 659 g/mol. The van der Waals surface area contributed by atoms with Gasteiger partial charge in [-0.3, -0.25) is 4.57 Å². The van der Waals surface area contributed by atoms with Gasteiger partial charge >= 0.3 is 0 Å². The van der Waals surface area contributed by atoms with Crippen molar-refractivity contribution in [1.29, 1.82) is 0 Å². The summed E-state index contributed by atoms with van der Waals surface area (Å²) in [7, 11) is 0. The van der Waals surface area contributed by atoms with Gasteiger partial charge in [-0.25, -0.2) is 4.98 Å². The van der Waals surface area contributed by atoms with E-state index in [0.717, 1.165) is 56.0 Å². The highest BCUT2D eigenvalue weighted by Crippen LogP contribution is 2.45. The molecule has 0 spiro atoms. The topological polar surface area (TPSA) is 67.9 Å². The van der Waals surface area contributed by atoms with Crippen molar-refractivity contribution in [3.8, 4) is 28.2 Å². The average Bonchev–Trinajstić information content (AvgIpc) is 3.57. The highest BCUT2D eigenvalue weighted by molar-refractivity contribution is 6.30. The van der Waals surface area contributed by atoms with Gasteiger partial charge in [-0.05, 0) is 99.2 Å². The monoisotopic (exact) mass is 695 g/mol. The highest BCUT2D eigenvalue weighted by Gasteiger charge is 2.22. The molecule has 0 radical (unpaired) electrons. The number of hydrogen-bond donors (Lipinski definition) is 3. The third-order valence-electron chi connectivity index (χ3n) is 10.6. The molecule has 0 fully saturated rings. The number of dihydropyridines is 1. The summed E-state index contributed by atoms with van der Waals surface area (Å²) >= 11 is 0. The number of pyridine rings is 1. The quantitative estimate of drug-likeness (QED) is 0.145. The largest absolute Gasteiger partial charge is 0.381 e. The van der Waals surface area contributed by atoms with Crippen LogP contribution in [-0.4, -0.2) is 9.55 Å². The molecule has 1 aliphatic rings. The molecule has 9 aromatic rings. The maximum Gasteiger partial charge on any atom is 0.138 e. The number of para-hydroxylation sites is 1. The molecule has 0 bridgehead atoms. The first-order valence-corrected chi connectivity index (χ1v) is 18.4. The maximum atomic E-state index is 6.57. The Morgan fingerprint density at radius 1 is 0.630 bits per heavy atom. The summed E-state index contributed by atoms with van der Waals surface area (Å²) < 4.78 is 2.35.